The number of halogens is 1. The minimum Gasteiger partial charge on any atom is -0.492 e. The maximum absolute atomic E-state index is 9.62. The predicted octanol–water partition coefficient (Wildman–Crippen LogP) is 2.62. The highest BCUT2D eigenvalue weighted by Crippen LogP contribution is 2.26. The third kappa shape index (κ3) is 7.10. The van der Waals surface area contributed by atoms with Gasteiger partial charge in [0.1, 0.15) is 5.75 Å². The summed E-state index contributed by atoms with van der Waals surface area (Å²) in [6, 6.07) is 5.73. The van der Waals surface area contributed by atoms with Crippen LogP contribution in [0.5, 0.6) is 5.75 Å². The zero-order valence-corrected chi connectivity index (χ0v) is 13.2. The minimum absolute atomic E-state index is 0.439. The zero-order chi connectivity index (χ0) is 15.0. The molecule has 114 valence electrons. The Morgan fingerprint density at radius 3 is 2.65 bits per heavy atom. The Morgan fingerprint density at radius 2 is 2.05 bits per heavy atom. The quantitative estimate of drug-likeness (QED) is 0.689. The highest BCUT2D eigenvalue weighted by atomic mass is 35.5. The van der Waals surface area contributed by atoms with Crippen LogP contribution in [-0.4, -0.2) is 37.6 Å². The first kappa shape index (κ1) is 17.2. The smallest absolute Gasteiger partial charge is 0.137 e. The lowest BCUT2D eigenvalue weighted by Gasteiger charge is -2.17. The average molecular weight is 302 g/mol. The van der Waals surface area contributed by atoms with Gasteiger partial charge in [-0.05, 0) is 31.5 Å². The van der Waals surface area contributed by atoms with E-state index in [0.29, 0.717) is 30.4 Å². The van der Waals surface area contributed by atoms with Crippen LogP contribution in [0.2, 0.25) is 5.02 Å². The molecule has 0 spiro atoms. The number of rotatable bonds is 9. The molecule has 20 heavy (non-hydrogen) atoms. The van der Waals surface area contributed by atoms with Crippen molar-refractivity contribution in [2.24, 2.45) is 0 Å². The van der Waals surface area contributed by atoms with Crippen LogP contribution in [0.15, 0.2) is 18.2 Å². The van der Waals surface area contributed by atoms with Gasteiger partial charge in [-0.15, -0.1) is 0 Å². The highest BCUT2D eigenvalue weighted by molar-refractivity contribution is 6.32. The summed E-state index contributed by atoms with van der Waals surface area (Å²) < 4.78 is 10.5. The van der Waals surface area contributed by atoms with Crippen molar-refractivity contribution in [1.82, 2.24) is 5.32 Å². The molecule has 2 N–H and O–H groups in total. The third-order valence-electron chi connectivity index (χ3n) is 2.78. The van der Waals surface area contributed by atoms with Gasteiger partial charge in [0.05, 0.1) is 23.8 Å². The van der Waals surface area contributed by atoms with E-state index < -0.39 is 5.60 Å². The van der Waals surface area contributed by atoms with Crippen LogP contribution in [-0.2, 0) is 11.3 Å². The number of methoxy groups -OCH3 is 1. The van der Waals surface area contributed by atoms with Crippen molar-refractivity contribution in [3.05, 3.63) is 28.8 Å². The second kappa shape index (κ2) is 8.47. The van der Waals surface area contributed by atoms with Gasteiger partial charge in [-0.2, -0.15) is 0 Å². The van der Waals surface area contributed by atoms with Crippen molar-refractivity contribution >= 4 is 11.6 Å². The van der Waals surface area contributed by atoms with E-state index in [0.717, 1.165) is 18.7 Å². The summed E-state index contributed by atoms with van der Waals surface area (Å²) in [5, 5.41) is 13.5. The Labute approximate surface area is 126 Å². The Hall–Kier alpha value is -0.810. The van der Waals surface area contributed by atoms with Crippen molar-refractivity contribution in [2.75, 3.05) is 26.9 Å². The summed E-state index contributed by atoms with van der Waals surface area (Å²) in [5.74, 6) is 0.650. The molecule has 1 aromatic rings. The molecule has 0 bridgehead atoms. The molecule has 0 aliphatic heterocycles. The summed E-state index contributed by atoms with van der Waals surface area (Å²) in [6.45, 7) is 6.19. The van der Waals surface area contributed by atoms with E-state index in [-0.39, 0.29) is 0 Å². The number of nitrogens with one attached hydrogen (secondary N) is 1. The molecule has 1 rings (SSSR count). The van der Waals surface area contributed by atoms with Crippen LogP contribution >= 0.6 is 11.6 Å². The van der Waals surface area contributed by atoms with Gasteiger partial charge in [-0.25, -0.2) is 0 Å². The first-order valence-electron chi connectivity index (χ1n) is 6.75. The van der Waals surface area contributed by atoms with E-state index in [1.54, 1.807) is 21.0 Å². The van der Waals surface area contributed by atoms with E-state index in [2.05, 4.69) is 5.32 Å². The van der Waals surface area contributed by atoms with Crippen molar-refractivity contribution < 1.29 is 14.6 Å². The van der Waals surface area contributed by atoms with Gasteiger partial charge < -0.3 is 19.9 Å². The van der Waals surface area contributed by atoms with Gasteiger partial charge in [-0.1, -0.05) is 17.7 Å². The molecule has 0 saturated carbocycles. The van der Waals surface area contributed by atoms with Crippen molar-refractivity contribution in [2.45, 2.75) is 32.4 Å². The zero-order valence-electron chi connectivity index (χ0n) is 12.4. The standard InChI is InChI=1S/C15H24ClNO3/c1-15(2,18)6-8-20-14-5-4-12(10-13(14)16)11-17-7-9-19-3/h4-5,10,17-18H,6-9,11H2,1-3H3. The van der Waals surface area contributed by atoms with Gasteiger partial charge in [0.15, 0.2) is 0 Å². The molecule has 5 heteroatoms. The van der Waals surface area contributed by atoms with Crippen molar-refractivity contribution in [3.63, 3.8) is 0 Å². The molecule has 0 aliphatic carbocycles. The van der Waals surface area contributed by atoms with E-state index >= 15 is 0 Å². The number of aliphatic hydroxyl groups is 1. The molecule has 0 heterocycles. The van der Waals surface area contributed by atoms with Crippen LogP contribution in [0, 0.1) is 0 Å². The summed E-state index contributed by atoms with van der Waals surface area (Å²) in [5.41, 5.74) is 0.374. The Balaban J connectivity index is 2.43. The van der Waals surface area contributed by atoms with Crippen LogP contribution < -0.4 is 10.1 Å². The first-order valence-corrected chi connectivity index (χ1v) is 7.13. The largest absolute Gasteiger partial charge is 0.492 e. The SMILES string of the molecule is COCCNCc1ccc(OCCC(C)(C)O)c(Cl)c1. The fourth-order valence-corrected chi connectivity index (χ4v) is 1.85. The minimum atomic E-state index is -0.725. The van der Waals surface area contributed by atoms with Crippen molar-refractivity contribution in [3.8, 4) is 5.75 Å². The summed E-state index contributed by atoms with van der Waals surface area (Å²) >= 11 is 6.18. The number of ether oxygens (including phenoxy) is 2. The number of benzene rings is 1. The van der Waals surface area contributed by atoms with Gasteiger partial charge >= 0.3 is 0 Å². The van der Waals surface area contributed by atoms with E-state index in [1.807, 2.05) is 18.2 Å². The van der Waals surface area contributed by atoms with Crippen LogP contribution in [0.25, 0.3) is 0 Å². The fraction of sp³-hybridized carbons (Fsp3) is 0.600. The monoisotopic (exact) mass is 301 g/mol. The molecule has 0 amide bonds. The number of hydrogen-bond donors (Lipinski definition) is 2. The molecule has 0 fully saturated rings. The lowest BCUT2D eigenvalue weighted by atomic mass is 10.1. The molecule has 0 saturated heterocycles. The average Bonchev–Trinajstić information content (AvgIpc) is 2.36. The van der Waals surface area contributed by atoms with Crippen LogP contribution in [0.4, 0.5) is 0 Å². The Morgan fingerprint density at radius 1 is 1.30 bits per heavy atom. The van der Waals surface area contributed by atoms with Crippen LogP contribution in [0.1, 0.15) is 25.8 Å². The molecule has 4 nitrogen and oxygen atoms in total. The first-order chi connectivity index (χ1) is 9.42. The van der Waals surface area contributed by atoms with Gasteiger partial charge in [0.25, 0.3) is 0 Å². The second-order valence-corrected chi connectivity index (χ2v) is 5.75. The molecular weight excluding hydrogens is 278 g/mol. The molecule has 0 aliphatic rings. The van der Waals surface area contributed by atoms with Gasteiger partial charge in [-0.3, -0.25) is 0 Å². The fourth-order valence-electron chi connectivity index (χ4n) is 1.59. The van der Waals surface area contributed by atoms with E-state index in [1.165, 1.54) is 0 Å². The predicted molar refractivity (Wildman–Crippen MR) is 81.4 cm³/mol. The van der Waals surface area contributed by atoms with E-state index in [9.17, 15) is 5.11 Å². The third-order valence-corrected chi connectivity index (χ3v) is 3.08. The summed E-state index contributed by atoms with van der Waals surface area (Å²) in [6.07, 6.45) is 0.559. The maximum Gasteiger partial charge on any atom is 0.137 e. The molecule has 0 unspecified atom stereocenters. The molecule has 0 radical (unpaired) electrons. The van der Waals surface area contributed by atoms with Crippen LogP contribution in [0.3, 0.4) is 0 Å². The Bertz CT molecular complexity index is 405. The highest BCUT2D eigenvalue weighted by Gasteiger charge is 2.12. The van der Waals surface area contributed by atoms with Crippen molar-refractivity contribution in [1.29, 1.82) is 0 Å². The normalized spacial score (nSPS) is 11.7. The molecular formula is C15H24ClNO3. The summed E-state index contributed by atoms with van der Waals surface area (Å²) in [7, 11) is 1.68. The molecule has 0 aromatic heterocycles. The maximum atomic E-state index is 9.62. The number of hydrogen-bond acceptors (Lipinski definition) is 4. The van der Waals surface area contributed by atoms with Gasteiger partial charge in [0.2, 0.25) is 0 Å². The molecule has 0 atom stereocenters. The topological polar surface area (TPSA) is 50.7 Å². The molecule has 1 aromatic carbocycles. The van der Waals surface area contributed by atoms with E-state index in [4.69, 9.17) is 21.1 Å². The lowest BCUT2D eigenvalue weighted by Crippen LogP contribution is -2.21. The summed E-state index contributed by atoms with van der Waals surface area (Å²) in [4.78, 5) is 0. The van der Waals surface area contributed by atoms with Gasteiger partial charge in [0, 0.05) is 26.6 Å². The second-order valence-electron chi connectivity index (χ2n) is 5.35. The lowest BCUT2D eigenvalue weighted by molar-refractivity contribution is 0.0553. The Kier molecular flexibility index (Phi) is 7.30.